The Hall–Kier alpha value is -3.06. The molecule has 7 heteroatoms. The molecule has 0 unspecified atom stereocenters. The molecule has 0 spiro atoms. The highest BCUT2D eigenvalue weighted by Crippen LogP contribution is 2.20. The number of aromatic nitrogens is 3. The number of carbonyl (C=O) groups is 1. The number of nitrogens with one attached hydrogen (secondary N) is 2. The zero-order chi connectivity index (χ0) is 18.6. The van der Waals surface area contributed by atoms with Crippen molar-refractivity contribution in [2.45, 2.75) is 18.6 Å². The lowest BCUT2D eigenvalue weighted by Crippen LogP contribution is -2.19. The molecule has 0 aliphatic carbocycles. The van der Waals surface area contributed by atoms with Crippen LogP contribution in [-0.4, -0.2) is 32.4 Å². The van der Waals surface area contributed by atoms with E-state index in [1.165, 1.54) is 11.8 Å². The number of amides is 1. The van der Waals surface area contributed by atoms with E-state index < -0.39 is 0 Å². The SMILES string of the molecule is CCn1cc(/C=N\NC(=O)CSc2nc3ccccc3[nH]2)c2ccccc21. The molecular weight excluding hydrogens is 358 g/mol. The van der Waals surface area contributed by atoms with E-state index in [1.807, 2.05) is 42.6 Å². The number of para-hydroxylation sites is 3. The molecule has 0 saturated carbocycles. The summed E-state index contributed by atoms with van der Waals surface area (Å²) in [4.78, 5) is 19.7. The van der Waals surface area contributed by atoms with Crippen LogP contribution in [0.3, 0.4) is 0 Å². The first-order valence-electron chi connectivity index (χ1n) is 8.72. The Bertz CT molecular complexity index is 1090. The fourth-order valence-electron chi connectivity index (χ4n) is 2.98. The minimum Gasteiger partial charge on any atom is -0.347 e. The standard InChI is InChI=1S/C20H19N5OS/c1-2-25-12-14(15-7-3-6-10-18(15)25)11-21-24-19(26)13-27-20-22-16-8-4-5-9-17(16)23-20/h3-12H,2,13H2,1H3,(H,22,23)(H,24,26)/b21-11-. The fourth-order valence-corrected chi connectivity index (χ4v) is 3.65. The Morgan fingerprint density at radius 3 is 2.93 bits per heavy atom. The molecular formula is C20H19N5OS. The van der Waals surface area contributed by atoms with Gasteiger partial charge in [0.1, 0.15) is 0 Å². The van der Waals surface area contributed by atoms with Gasteiger partial charge in [-0.25, -0.2) is 10.4 Å². The Kier molecular flexibility index (Phi) is 4.93. The van der Waals surface area contributed by atoms with E-state index in [2.05, 4.69) is 44.1 Å². The van der Waals surface area contributed by atoms with Crippen LogP contribution in [0.2, 0.25) is 0 Å². The van der Waals surface area contributed by atoms with Gasteiger partial charge in [-0.2, -0.15) is 5.10 Å². The monoisotopic (exact) mass is 377 g/mol. The van der Waals surface area contributed by atoms with Crippen LogP contribution in [0, 0.1) is 0 Å². The molecule has 4 rings (SSSR count). The lowest BCUT2D eigenvalue weighted by atomic mass is 10.2. The third-order valence-electron chi connectivity index (χ3n) is 4.26. The average molecular weight is 377 g/mol. The minimum absolute atomic E-state index is 0.170. The van der Waals surface area contributed by atoms with Gasteiger partial charge in [0.15, 0.2) is 5.16 Å². The molecule has 0 bridgehead atoms. The van der Waals surface area contributed by atoms with Crippen LogP contribution >= 0.6 is 11.8 Å². The van der Waals surface area contributed by atoms with Gasteiger partial charge in [-0.05, 0) is 25.1 Å². The molecule has 2 aromatic heterocycles. The van der Waals surface area contributed by atoms with Gasteiger partial charge >= 0.3 is 0 Å². The fraction of sp³-hybridized carbons (Fsp3) is 0.150. The molecule has 0 aliphatic rings. The van der Waals surface area contributed by atoms with E-state index >= 15 is 0 Å². The van der Waals surface area contributed by atoms with E-state index in [4.69, 9.17) is 0 Å². The third kappa shape index (κ3) is 3.73. The number of hydrogen-bond acceptors (Lipinski definition) is 4. The van der Waals surface area contributed by atoms with Crippen LogP contribution in [0.1, 0.15) is 12.5 Å². The number of H-pyrrole nitrogens is 1. The highest BCUT2D eigenvalue weighted by molar-refractivity contribution is 7.99. The zero-order valence-electron chi connectivity index (χ0n) is 14.8. The minimum atomic E-state index is -0.170. The number of aryl methyl sites for hydroxylation is 1. The summed E-state index contributed by atoms with van der Waals surface area (Å²) in [6, 6.07) is 16.0. The average Bonchev–Trinajstić information content (AvgIpc) is 3.27. The highest BCUT2D eigenvalue weighted by atomic mass is 32.2. The Balaban J connectivity index is 1.37. The van der Waals surface area contributed by atoms with Crippen LogP contribution in [0.15, 0.2) is 65.0 Å². The molecule has 1 amide bonds. The van der Waals surface area contributed by atoms with Gasteiger partial charge in [0.2, 0.25) is 0 Å². The Labute approximate surface area is 160 Å². The second kappa shape index (κ2) is 7.67. The first kappa shape index (κ1) is 17.4. The maximum absolute atomic E-state index is 12.1. The van der Waals surface area contributed by atoms with Gasteiger partial charge in [0, 0.05) is 29.2 Å². The molecule has 0 atom stereocenters. The molecule has 0 saturated heterocycles. The molecule has 136 valence electrons. The number of hydrogen-bond donors (Lipinski definition) is 2. The van der Waals surface area contributed by atoms with Crippen LogP contribution in [-0.2, 0) is 11.3 Å². The van der Waals surface area contributed by atoms with Crippen molar-refractivity contribution in [3.05, 3.63) is 60.3 Å². The number of rotatable bonds is 6. The van der Waals surface area contributed by atoms with Crippen molar-refractivity contribution in [1.82, 2.24) is 20.0 Å². The molecule has 6 nitrogen and oxygen atoms in total. The lowest BCUT2D eigenvalue weighted by Gasteiger charge is -1.98. The summed E-state index contributed by atoms with van der Waals surface area (Å²) in [6.07, 6.45) is 3.74. The van der Waals surface area contributed by atoms with Crippen molar-refractivity contribution < 1.29 is 4.79 Å². The maximum Gasteiger partial charge on any atom is 0.250 e. The smallest absolute Gasteiger partial charge is 0.250 e. The normalized spacial score (nSPS) is 11.6. The molecule has 2 aromatic carbocycles. The van der Waals surface area contributed by atoms with Gasteiger partial charge in [-0.15, -0.1) is 0 Å². The number of imidazole rings is 1. The quantitative estimate of drug-likeness (QED) is 0.305. The van der Waals surface area contributed by atoms with Crippen molar-refractivity contribution in [2.24, 2.45) is 5.10 Å². The van der Waals surface area contributed by atoms with Crippen LogP contribution < -0.4 is 5.43 Å². The number of carbonyl (C=O) groups excluding carboxylic acids is 1. The summed E-state index contributed by atoms with van der Waals surface area (Å²) in [5.41, 5.74) is 6.59. The van der Waals surface area contributed by atoms with Crippen molar-refractivity contribution in [1.29, 1.82) is 0 Å². The second-order valence-corrected chi connectivity index (χ2v) is 6.99. The zero-order valence-corrected chi connectivity index (χ0v) is 15.7. The molecule has 2 N–H and O–H groups in total. The maximum atomic E-state index is 12.1. The molecule has 0 fully saturated rings. The predicted molar refractivity (Wildman–Crippen MR) is 110 cm³/mol. The lowest BCUT2D eigenvalue weighted by molar-refractivity contribution is -0.118. The van der Waals surface area contributed by atoms with Crippen molar-refractivity contribution >= 4 is 45.8 Å². The summed E-state index contributed by atoms with van der Waals surface area (Å²) in [7, 11) is 0. The van der Waals surface area contributed by atoms with Gasteiger partial charge in [-0.3, -0.25) is 4.79 Å². The van der Waals surface area contributed by atoms with Gasteiger partial charge < -0.3 is 9.55 Å². The van der Waals surface area contributed by atoms with E-state index in [9.17, 15) is 4.79 Å². The van der Waals surface area contributed by atoms with E-state index in [1.54, 1.807) is 6.21 Å². The summed E-state index contributed by atoms with van der Waals surface area (Å²) in [5.74, 6) is 0.0735. The molecule has 4 aromatic rings. The molecule has 0 radical (unpaired) electrons. The van der Waals surface area contributed by atoms with Crippen LogP contribution in [0.25, 0.3) is 21.9 Å². The Morgan fingerprint density at radius 2 is 2.07 bits per heavy atom. The number of nitrogens with zero attached hydrogens (tertiary/aromatic N) is 3. The summed E-state index contributed by atoms with van der Waals surface area (Å²) in [6.45, 7) is 2.99. The van der Waals surface area contributed by atoms with Gasteiger partial charge in [0.05, 0.1) is 23.0 Å². The van der Waals surface area contributed by atoms with Gasteiger partial charge in [0.25, 0.3) is 5.91 Å². The topological polar surface area (TPSA) is 75.1 Å². The van der Waals surface area contributed by atoms with Crippen molar-refractivity contribution in [2.75, 3.05) is 5.75 Å². The predicted octanol–water partition coefficient (Wildman–Crippen LogP) is 3.78. The van der Waals surface area contributed by atoms with E-state index in [-0.39, 0.29) is 11.7 Å². The first-order chi connectivity index (χ1) is 13.2. The highest BCUT2D eigenvalue weighted by Gasteiger charge is 2.07. The summed E-state index contributed by atoms with van der Waals surface area (Å²) in [5, 5.41) is 5.96. The van der Waals surface area contributed by atoms with Crippen LogP contribution in [0.4, 0.5) is 0 Å². The van der Waals surface area contributed by atoms with E-state index in [0.717, 1.165) is 39.2 Å². The van der Waals surface area contributed by atoms with E-state index in [0.29, 0.717) is 0 Å². The number of aromatic amines is 1. The third-order valence-corrected chi connectivity index (χ3v) is 5.13. The van der Waals surface area contributed by atoms with Crippen molar-refractivity contribution in [3.63, 3.8) is 0 Å². The summed E-state index contributed by atoms with van der Waals surface area (Å²) >= 11 is 1.35. The molecule has 0 aliphatic heterocycles. The number of hydrazone groups is 1. The number of fused-ring (bicyclic) bond motifs is 2. The van der Waals surface area contributed by atoms with Gasteiger partial charge in [-0.1, -0.05) is 42.1 Å². The number of benzene rings is 2. The first-order valence-corrected chi connectivity index (χ1v) is 9.70. The molecule has 27 heavy (non-hydrogen) atoms. The largest absolute Gasteiger partial charge is 0.347 e. The summed E-state index contributed by atoms with van der Waals surface area (Å²) < 4.78 is 2.16. The Morgan fingerprint density at radius 1 is 1.26 bits per heavy atom. The van der Waals surface area contributed by atoms with Crippen LogP contribution in [0.5, 0.6) is 0 Å². The number of thioether (sulfide) groups is 1. The molecule has 2 heterocycles. The second-order valence-electron chi connectivity index (χ2n) is 6.03. The van der Waals surface area contributed by atoms with Crippen molar-refractivity contribution in [3.8, 4) is 0 Å².